The fourth-order valence-corrected chi connectivity index (χ4v) is 5.48. The Bertz CT molecular complexity index is 1280. The van der Waals surface area contributed by atoms with E-state index in [4.69, 9.17) is 4.74 Å². The molecular weight excluding hydrogens is 497 g/mol. The maximum atomic E-state index is 14.0. The van der Waals surface area contributed by atoms with Gasteiger partial charge in [-0.2, -0.15) is 0 Å². The summed E-state index contributed by atoms with van der Waals surface area (Å²) in [5, 5.41) is 9.81. The molecule has 1 aliphatic rings. The first-order valence-electron chi connectivity index (χ1n) is 11.4. The molecule has 0 aromatic heterocycles. The molecule has 1 fully saturated rings. The number of hydrogen-bond acceptors (Lipinski definition) is 5. The summed E-state index contributed by atoms with van der Waals surface area (Å²) in [6.07, 6.45) is 3.19. The van der Waals surface area contributed by atoms with E-state index in [1.807, 2.05) is 13.8 Å². The number of sulfonamides is 1. The lowest BCUT2D eigenvalue weighted by Gasteiger charge is -2.17. The molecule has 2 aromatic rings. The van der Waals surface area contributed by atoms with E-state index in [9.17, 15) is 31.5 Å². The standard InChI is InChI=1S/C25H29F3N2O5S/c1-5-30(6-2)13-7-8-16-14-17(26)9-12-20(16)36(33,34)29-19-11-10-18(22-15(3)25(22,27)28)23(35-4)21(19)24(31)32/h7-12,14-15,22,29H,5-6,13H2,1-4H3,(H,31,32)/b8-7-. The summed E-state index contributed by atoms with van der Waals surface area (Å²) in [7, 11) is -3.27. The van der Waals surface area contributed by atoms with Gasteiger partial charge in [0.2, 0.25) is 0 Å². The number of likely N-dealkylation sites (N-methyl/N-ethyl adjacent to an activating group) is 1. The number of nitrogens with one attached hydrogen (secondary N) is 1. The van der Waals surface area contributed by atoms with Crippen LogP contribution in [0, 0.1) is 11.7 Å². The van der Waals surface area contributed by atoms with Crippen molar-refractivity contribution in [1.29, 1.82) is 0 Å². The summed E-state index contributed by atoms with van der Waals surface area (Å²) in [5.41, 5.74) is -0.893. The zero-order chi connectivity index (χ0) is 26.8. The molecule has 0 bridgehead atoms. The van der Waals surface area contributed by atoms with Crippen molar-refractivity contribution in [2.75, 3.05) is 31.5 Å². The number of hydrogen-bond donors (Lipinski definition) is 2. The van der Waals surface area contributed by atoms with Gasteiger partial charge in [0, 0.05) is 18.0 Å². The summed E-state index contributed by atoms with van der Waals surface area (Å²) in [5.74, 6) is -7.81. The fourth-order valence-electron chi connectivity index (χ4n) is 4.22. The normalized spacial score (nSPS) is 19.0. The smallest absolute Gasteiger partial charge is 0.341 e. The van der Waals surface area contributed by atoms with Gasteiger partial charge in [-0.25, -0.2) is 26.4 Å². The SMILES string of the molecule is CCN(CC)C/C=C\c1cc(F)ccc1S(=O)(=O)Nc1ccc(C2C(C)C2(F)F)c(OC)c1C(=O)O. The van der Waals surface area contributed by atoms with Crippen molar-refractivity contribution in [3.05, 3.63) is 58.9 Å². The zero-order valence-corrected chi connectivity index (χ0v) is 21.2. The van der Waals surface area contributed by atoms with Gasteiger partial charge in [-0.3, -0.25) is 4.72 Å². The van der Waals surface area contributed by atoms with Crippen LogP contribution >= 0.6 is 0 Å². The second-order valence-electron chi connectivity index (χ2n) is 8.53. The highest BCUT2D eigenvalue weighted by Gasteiger charge is 2.66. The lowest BCUT2D eigenvalue weighted by Crippen LogP contribution is -2.22. The molecule has 2 unspecified atom stereocenters. The number of carboxylic acids is 1. The van der Waals surface area contributed by atoms with Crippen LogP contribution in [0.1, 0.15) is 48.2 Å². The molecule has 3 rings (SSSR count). The molecule has 36 heavy (non-hydrogen) atoms. The van der Waals surface area contributed by atoms with Gasteiger partial charge in [-0.05, 0) is 42.9 Å². The Morgan fingerprint density at radius 2 is 1.86 bits per heavy atom. The Hall–Kier alpha value is -3.05. The molecule has 0 radical (unpaired) electrons. The van der Waals surface area contributed by atoms with Crippen molar-refractivity contribution in [3.8, 4) is 5.75 Å². The molecule has 1 saturated carbocycles. The number of benzene rings is 2. The largest absolute Gasteiger partial charge is 0.495 e. The third-order valence-electron chi connectivity index (χ3n) is 6.41. The first-order chi connectivity index (χ1) is 16.9. The van der Waals surface area contributed by atoms with Crippen LogP contribution in [0.3, 0.4) is 0 Å². The van der Waals surface area contributed by atoms with E-state index < -0.39 is 45.1 Å². The van der Waals surface area contributed by atoms with Crippen LogP contribution in [0.25, 0.3) is 6.08 Å². The van der Waals surface area contributed by atoms with Crippen molar-refractivity contribution in [3.63, 3.8) is 0 Å². The van der Waals surface area contributed by atoms with Gasteiger partial charge in [0.1, 0.15) is 17.1 Å². The number of alkyl halides is 2. The maximum absolute atomic E-state index is 14.0. The third kappa shape index (κ3) is 5.36. The topological polar surface area (TPSA) is 95.9 Å². The Labute approximate surface area is 208 Å². The van der Waals surface area contributed by atoms with Gasteiger partial charge in [-0.15, -0.1) is 0 Å². The van der Waals surface area contributed by atoms with Crippen LogP contribution in [-0.2, 0) is 10.0 Å². The Morgan fingerprint density at radius 3 is 2.39 bits per heavy atom. The van der Waals surface area contributed by atoms with E-state index in [2.05, 4.69) is 9.62 Å². The fraction of sp³-hybridized carbons (Fsp3) is 0.400. The molecule has 2 atom stereocenters. The van der Waals surface area contributed by atoms with Crippen LogP contribution in [0.5, 0.6) is 5.75 Å². The van der Waals surface area contributed by atoms with Crippen LogP contribution in [-0.4, -0.2) is 57.1 Å². The average Bonchev–Trinajstić information content (AvgIpc) is 3.31. The van der Waals surface area contributed by atoms with Crippen molar-refractivity contribution in [2.45, 2.75) is 37.5 Å². The minimum atomic E-state index is -4.40. The minimum absolute atomic E-state index is 0.0165. The van der Waals surface area contributed by atoms with Gasteiger partial charge < -0.3 is 14.7 Å². The number of nitrogens with zero attached hydrogens (tertiary/aromatic N) is 1. The summed E-state index contributed by atoms with van der Waals surface area (Å²) in [4.78, 5) is 13.9. The quantitative estimate of drug-likeness (QED) is 0.425. The zero-order valence-electron chi connectivity index (χ0n) is 20.4. The summed E-state index contributed by atoms with van der Waals surface area (Å²) in [6.45, 7) is 7.36. The lowest BCUT2D eigenvalue weighted by atomic mass is 10.0. The van der Waals surface area contributed by atoms with Crippen molar-refractivity contribution < 1.29 is 36.2 Å². The molecule has 0 amide bonds. The number of aromatic carboxylic acids is 1. The molecule has 11 heteroatoms. The Balaban J connectivity index is 2.02. The first kappa shape index (κ1) is 27.5. The minimum Gasteiger partial charge on any atom is -0.495 e. The van der Waals surface area contributed by atoms with Crippen LogP contribution in [0.15, 0.2) is 41.3 Å². The summed E-state index contributed by atoms with van der Waals surface area (Å²) in [6, 6.07) is 5.48. The van der Waals surface area contributed by atoms with E-state index in [-0.39, 0.29) is 27.5 Å². The highest BCUT2D eigenvalue weighted by atomic mass is 32.2. The second kappa shape index (κ2) is 10.5. The number of rotatable bonds is 11. The molecule has 0 spiro atoms. The first-order valence-corrected chi connectivity index (χ1v) is 12.9. The van der Waals surface area contributed by atoms with E-state index in [1.54, 1.807) is 6.08 Å². The van der Waals surface area contributed by atoms with Crippen LogP contribution < -0.4 is 9.46 Å². The van der Waals surface area contributed by atoms with Gasteiger partial charge >= 0.3 is 5.97 Å². The van der Waals surface area contributed by atoms with E-state index >= 15 is 0 Å². The lowest BCUT2D eigenvalue weighted by molar-refractivity contribution is 0.0693. The predicted molar refractivity (Wildman–Crippen MR) is 131 cm³/mol. The molecule has 0 aliphatic heterocycles. The molecule has 196 valence electrons. The van der Waals surface area contributed by atoms with E-state index in [1.165, 1.54) is 19.1 Å². The van der Waals surface area contributed by atoms with Gasteiger partial charge in [0.25, 0.3) is 15.9 Å². The van der Waals surface area contributed by atoms with Crippen LogP contribution in [0.4, 0.5) is 18.9 Å². The number of ether oxygens (including phenoxy) is 1. The monoisotopic (exact) mass is 526 g/mol. The van der Waals surface area contributed by atoms with Crippen molar-refractivity contribution in [2.24, 2.45) is 5.92 Å². The highest BCUT2D eigenvalue weighted by molar-refractivity contribution is 7.92. The summed E-state index contributed by atoms with van der Waals surface area (Å²) < 4.78 is 76.0. The van der Waals surface area contributed by atoms with Gasteiger partial charge in [-0.1, -0.05) is 39.0 Å². The number of carbonyl (C=O) groups is 1. The van der Waals surface area contributed by atoms with Gasteiger partial charge in [0.05, 0.1) is 23.6 Å². The Kier molecular flexibility index (Phi) is 8.04. The van der Waals surface area contributed by atoms with E-state index in [0.717, 1.165) is 44.5 Å². The number of methoxy groups -OCH3 is 1. The number of carboxylic acid groups (broad SMARTS) is 1. The molecule has 2 N–H and O–H groups in total. The molecule has 0 heterocycles. The average molecular weight is 527 g/mol. The molecule has 7 nitrogen and oxygen atoms in total. The highest BCUT2D eigenvalue weighted by Crippen LogP contribution is 2.63. The van der Waals surface area contributed by atoms with Crippen LogP contribution in [0.2, 0.25) is 0 Å². The van der Waals surface area contributed by atoms with Gasteiger partial charge in [0.15, 0.2) is 0 Å². The number of halogens is 3. The van der Waals surface area contributed by atoms with Crippen molar-refractivity contribution >= 4 is 27.8 Å². The predicted octanol–water partition coefficient (Wildman–Crippen LogP) is 5.06. The molecular formula is C25H29F3N2O5S. The molecule has 2 aromatic carbocycles. The second-order valence-corrected chi connectivity index (χ2v) is 10.2. The Morgan fingerprint density at radius 1 is 1.22 bits per heavy atom. The third-order valence-corrected chi connectivity index (χ3v) is 7.85. The molecule has 0 saturated heterocycles. The maximum Gasteiger partial charge on any atom is 0.341 e. The van der Waals surface area contributed by atoms with Crippen molar-refractivity contribution in [1.82, 2.24) is 4.90 Å². The molecule has 1 aliphatic carbocycles. The number of anilines is 1. The summed E-state index contributed by atoms with van der Waals surface area (Å²) >= 11 is 0. The van der Waals surface area contributed by atoms with E-state index in [0.29, 0.717) is 6.54 Å².